The second kappa shape index (κ2) is 5.34. The molecule has 0 radical (unpaired) electrons. The van der Waals surface area contributed by atoms with Crippen LogP contribution in [0.2, 0.25) is 0 Å². The molecule has 4 nitrogen and oxygen atoms in total. The molecule has 1 aliphatic heterocycles. The van der Waals surface area contributed by atoms with Crippen LogP contribution in [-0.4, -0.2) is 11.2 Å². The molecular weight excluding hydrogens is 295 g/mol. The fourth-order valence-electron chi connectivity index (χ4n) is 3.21. The van der Waals surface area contributed by atoms with Crippen LogP contribution in [0, 0.1) is 12.7 Å². The highest BCUT2D eigenvalue weighted by atomic mass is 19.1. The Hall–Kier alpha value is -1.88. The smallest absolute Gasteiger partial charge is 0.192 e. The van der Waals surface area contributed by atoms with E-state index in [2.05, 4.69) is 0 Å². The molecule has 1 unspecified atom stereocenters. The Labute approximate surface area is 135 Å². The van der Waals surface area contributed by atoms with Gasteiger partial charge in [0.2, 0.25) is 0 Å². The first-order valence-corrected chi connectivity index (χ1v) is 8.22. The molecule has 124 valence electrons. The van der Waals surface area contributed by atoms with Crippen LogP contribution in [0.1, 0.15) is 50.8 Å². The van der Waals surface area contributed by atoms with Gasteiger partial charge in [0.05, 0.1) is 22.5 Å². The van der Waals surface area contributed by atoms with Gasteiger partial charge in [-0.2, -0.15) is 0 Å². The third kappa shape index (κ3) is 2.26. The number of hydrogen-bond acceptors (Lipinski definition) is 3. The topological polar surface area (TPSA) is 57.2 Å². The molecule has 4 rings (SSSR count). The highest BCUT2D eigenvalue weighted by Crippen LogP contribution is 2.50. The van der Waals surface area contributed by atoms with E-state index in [9.17, 15) is 9.18 Å². The van der Waals surface area contributed by atoms with Crippen molar-refractivity contribution in [2.45, 2.75) is 52.1 Å². The van der Waals surface area contributed by atoms with E-state index in [0.29, 0.717) is 34.4 Å². The summed E-state index contributed by atoms with van der Waals surface area (Å²) in [5, 5.41) is 0.377. The Morgan fingerprint density at radius 3 is 2.65 bits per heavy atom. The summed E-state index contributed by atoms with van der Waals surface area (Å²) in [4.78, 5) is 12.3. The lowest BCUT2D eigenvalue weighted by Crippen LogP contribution is -2.29. The number of halogens is 1. The summed E-state index contributed by atoms with van der Waals surface area (Å²) in [5.41, 5.74) is 7.14. The number of nitrogens with two attached hydrogens (primary N) is 1. The van der Waals surface area contributed by atoms with Gasteiger partial charge in [-0.3, -0.25) is 4.79 Å². The van der Waals surface area contributed by atoms with Gasteiger partial charge in [-0.25, -0.2) is 4.39 Å². The SMILES string of the molecule is CC.Cc1cn2c3c(c(C4(N)CC4)c(F)cc3c1=O)OCC2C. The number of aromatic nitrogens is 1. The van der Waals surface area contributed by atoms with Crippen molar-refractivity contribution in [2.75, 3.05) is 6.61 Å². The first kappa shape index (κ1) is 16.0. The molecule has 0 spiro atoms. The summed E-state index contributed by atoms with van der Waals surface area (Å²) in [7, 11) is 0. The van der Waals surface area contributed by atoms with E-state index < -0.39 is 11.4 Å². The van der Waals surface area contributed by atoms with E-state index in [-0.39, 0.29) is 11.5 Å². The van der Waals surface area contributed by atoms with Crippen LogP contribution in [0.15, 0.2) is 17.1 Å². The summed E-state index contributed by atoms with van der Waals surface area (Å²) >= 11 is 0. The molecule has 1 aromatic heterocycles. The Kier molecular flexibility index (Phi) is 3.71. The maximum absolute atomic E-state index is 14.6. The average molecular weight is 318 g/mol. The van der Waals surface area contributed by atoms with Gasteiger partial charge in [-0.1, -0.05) is 13.8 Å². The molecule has 1 fully saturated rings. The Morgan fingerprint density at radius 2 is 2.04 bits per heavy atom. The Morgan fingerprint density at radius 1 is 1.39 bits per heavy atom. The monoisotopic (exact) mass is 318 g/mol. The molecule has 5 heteroatoms. The van der Waals surface area contributed by atoms with E-state index in [1.165, 1.54) is 6.07 Å². The molecule has 2 heterocycles. The van der Waals surface area contributed by atoms with Crippen molar-refractivity contribution in [3.8, 4) is 5.75 Å². The van der Waals surface area contributed by atoms with Gasteiger partial charge in [0.15, 0.2) is 11.2 Å². The fraction of sp³-hybridized carbons (Fsp3) is 0.500. The van der Waals surface area contributed by atoms with Crippen LogP contribution in [0.4, 0.5) is 4.39 Å². The van der Waals surface area contributed by atoms with E-state index in [4.69, 9.17) is 10.5 Å². The summed E-state index contributed by atoms with van der Waals surface area (Å²) in [5.74, 6) is 0.0292. The maximum atomic E-state index is 14.6. The molecule has 0 bridgehead atoms. The van der Waals surface area contributed by atoms with Gasteiger partial charge >= 0.3 is 0 Å². The van der Waals surface area contributed by atoms with Crippen LogP contribution in [0.3, 0.4) is 0 Å². The minimum Gasteiger partial charge on any atom is -0.489 e. The molecule has 1 saturated carbocycles. The zero-order valence-corrected chi connectivity index (χ0v) is 14.1. The van der Waals surface area contributed by atoms with Gasteiger partial charge in [0, 0.05) is 17.3 Å². The predicted molar refractivity (Wildman–Crippen MR) is 89.6 cm³/mol. The molecule has 23 heavy (non-hydrogen) atoms. The lowest BCUT2D eigenvalue weighted by molar-refractivity contribution is 0.241. The summed E-state index contributed by atoms with van der Waals surface area (Å²) in [6.07, 6.45) is 3.33. The lowest BCUT2D eigenvalue weighted by atomic mass is 9.98. The quantitative estimate of drug-likeness (QED) is 0.877. The van der Waals surface area contributed by atoms with Crippen molar-refractivity contribution in [1.29, 1.82) is 0 Å². The maximum Gasteiger partial charge on any atom is 0.192 e. The highest BCUT2D eigenvalue weighted by Gasteiger charge is 2.46. The molecule has 2 N–H and O–H groups in total. The number of hydrogen-bond donors (Lipinski definition) is 1. The third-order valence-corrected chi connectivity index (χ3v) is 4.63. The predicted octanol–water partition coefficient (Wildman–Crippen LogP) is 3.38. The Balaban J connectivity index is 0.000000753. The van der Waals surface area contributed by atoms with E-state index in [0.717, 1.165) is 12.8 Å². The fourth-order valence-corrected chi connectivity index (χ4v) is 3.21. The van der Waals surface area contributed by atoms with Crippen LogP contribution < -0.4 is 15.9 Å². The van der Waals surface area contributed by atoms with Crippen LogP contribution in [0.5, 0.6) is 5.75 Å². The van der Waals surface area contributed by atoms with Gasteiger partial charge in [0.1, 0.15) is 12.4 Å². The zero-order chi connectivity index (χ0) is 16.9. The number of rotatable bonds is 1. The van der Waals surface area contributed by atoms with Crippen molar-refractivity contribution in [3.05, 3.63) is 39.4 Å². The average Bonchev–Trinajstić information content (AvgIpc) is 3.27. The Bertz CT molecular complexity index is 837. The van der Waals surface area contributed by atoms with Gasteiger partial charge in [0.25, 0.3) is 0 Å². The largest absolute Gasteiger partial charge is 0.489 e. The van der Waals surface area contributed by atoms with E-state index in [1.807, 2.05) is 31.5 Å². The van der Waals surface area contributed by atoms with Gasteiger partial charge in [-0.05, 0) is 32.8 Å². The number of pyridine rings is 1. The molecular formula is C18H23FN2O2. The second-order valence-electron chi connectivity index (χ2n) is 6.32. The standard InChI is InChI=1S/C16H17FN2O2.C2H6/c1-8-6-19-9(2)7-21-15-12(16(18)3-4-16)11(17)5-10(13(15)19)14(8)20;1-2/h5-6,9H,3-4,7,18H2,1-2H3;1-2H3. The lowest BCUT2D eigenvalue weighted by Gasteiger charge is -2.30. The number of ether oxygens (including phenoxy) is 1. The number of benzene rings is 1. The molecule has 1 atom stereocenters. The van der Waals surface area contributed by atoms with Crippen molar-refractivity contribution >= 4 is 10.9 Å². The van der Waals surface area contributed by atoms with E-state index >= 15 is 0 Å². The van der Waals surface area contributed by atoms with Crippen LogP contribution >= 0.6 is 0 Å². The zero-order valence-electron chi connectivity index (χ0n) is 14.1. The summed E-state index contributed by atoms with van der Waals surface area (Å²) in [6.45, 7) is 8.23. The molecule has 0 saturated heterocycles. The molecule has 2 aromatic rings. The number of aryl methyl sites for hydroxylation is 1. The molecule has 2 aliphatic rings. The highest BCUT2D eigenvalue weighted by molar-refractivity contribution is 5.88. The molecule has 0 amide bonds. The van der Waals surface area contributed by atoms with Crippen molar-refractivity contribution in [3.63, 3.8) is 0 Å². The summed E-state index contributed by atoms with van der Waals surface area (Å²) in [6, 6.07) is 1.43. The van der Waals surface area contributed by atoms with Crippen LogP contribution in [-0.2, 0) is 5.54 Å². The minimum atomic E-state index is -0.639. The van der Waals surface area contributed by atoms with Crippen molar-refractivity contribution < 1.29 is 9.13 Å². The van der Waals surface area contributed by atoms with Gasteiger partial charge < -0.3 is 15.0 Å². The van der Waals surface area contributed by atoms with Crippen molar-refractivity contribution in [2.24, 2.45) is 5.73 Å². The van der Waals surface area contributed by atoms with E-state index in [1.54, 1.807) is 6.92 Å². The van der Waals surface area contributed by atoms with Crippen molar-refractivity contribution in [1.82, 2.24) is 4.57 Å². The van der Waals surface area contributed by atoms with Crippen LogP contribution in [0.25, 0.3) is 10.9 Å². The molecule has 1 aliphatic carbocycles. The molecule has 1 aromatic carbocycles. The summed E-state index contributed by atoms with van der Waals surface area (Å²) < 4.78 is 22.4. The number of nitrogens with zero attached hydrogens (tertiary/aromatic N) is 1. The minimum absolute atomic E-state index is 0.102. The first-order chi connectivity index (χ1) is 10.9. The van der Waals surface area contributed by atoms with Gasteiger partial charge in [-0.15, -0.1) is 0 Å². The second-order valence-corrected chi connectivity index (χ2v) is 6.32. The third-order valence-electron chi connectivity index (χ3n) is 4.63. The normalized spacial score (nSPS) is 20.5. The first-order valence-electron chi connectivity index (χ1n) is 8.22.